The van der Waals surface area contributed by atoms with Crippen LogP contribution in [0.4, 0.5) is 0 Å². The maximum Gasteiger partial charge on any atom is -0.00597 e. The molecular weight excluding hydrogens is 319 g/mol. The molecule has 0 fully saturated rings. The molecule has 0 N–H and O–H groups in total. The van der Waals surface area contributed by atoms with Crippen molar-refractivity contribution in [1.29, 1.82) is 0 Å². The van der Waals surface area contributed by atoms with E-state index < -0.39 is 0 Å². The van der Waals surface area contributed by atoms with Gasteiger partial charge in [-0.25, -0.2) is 0 Å². The summed E-state index contributed by atoms with van der Waals surface area (Å²) < 4.78 is 0. The van der Waals surface area contributed by atoms with Gasteiger partial charge in [0.25, 0.3) is 0 Å². The third kappa shape index (κ3) is 22.7. The Morgan fingerprint density at radius 3 is 1.09 bits per heavy atom. The number of hydrogen-bond donors (Lipinski definition) is 0. The predicted octanol–water partition coefficient (Wildman–Crippen LogP) is 8.88. The van der Waals surface area contributed by atoms with Crippen molar-refractivity contribution >= 4 is 21.6 Å². The molecule has 23 heavy (non-hydrogen) atoms. The Morgan fingerprint density at radius 1 is 0.478 bits per heavy atom. The zero-order chi connectivity index (χ0) is 16.3. The van der Waals surface area contributed by atoms with E-state index >= 15 is 0 Å². The molecule has 2 heteroatoms. The van der Waals surface area contributed by atoms with Crippen LogP contribution in [0.15, 0.2) is 0 Å². The van der Waals surface area contributed by atoms with E-state index in [0.29, 0.717) is 0 Å². The van der Waals surface area contributed by atoms with Crippen molar-refractivity contribution in [2.45, 2.75) is 129 Å². The van der Waals surface area contributed by atoms with E-state index in [4.69, 9.17) is 0 Å². The fraction of sp³-hybridized carbons (Fsp3) is 0.952. The molecule has 0 aliphatic carbocycles. The number of halogens is 1. The lowest BCUT2D eigenvalue weighted by Crippen LogP contribution is -1.89. The molecule has 1 atom stereocenters. The molecule has 0 saturated heterocycles. The molecule has 0 bridgehead atoms. The fourth-order valence-electron chi connectivity index (χ4n) is 3.10. The summed E-state index contributed by atoms with van der Waals surface area (Å²) in [5.41, 5.74) is 1.67. The first kappa shape index (κ1) is 26.0. The van der Waals surface area contributed by atoms with Crippen LogP contribution in [-0.4, -0.2) is 0 Å². The lowest BCUT2D eigenvalue weighted by Gasteiger charge is -2.10. The summed E-state index contributed by atoms with van der Waals surface area (Å²) in [6, 6.07) is 0. The van der Waals surface area contributed by atoms with Gasteiger partial charge in [0.05, 0.1) is 0 Å². The highest BCUT2D eigenvalue weighted by Crippen LogP contribution is 2.26. The number of rotatable bonds is 18. The van der Waals surface area contributed by atoms with E-state index in [0.717, 1.165) is 0 Å². The molecule has 0 heterocycles. The van der Waals surface area contributed by atoms with Crippen LogP contribution in [0.1, 0.15) is 129 Å². The highest BCUT2D eigenvalue weighted by atomic mass is 35.5. The first-order valence-electron chi connectivity index (χ1n) is 10.4. The molecule has 0 aliphatic rings. The molecule has 0 aromatic carbocycles. The van der Waals surface area contributed by atoms with Crippen molar-refractivity contribution in [3.8, 4) is 0 Å². The molecule has 0 aromatic rings. The van der Waals surface area contributed by atoms with Gasteiger partial charge in [0.1, 0.15) is 0 Å². The molecule has 0 nitrogen and oxygen atoms in total. The van der Waals surface area contributed by atoms with E-state index in [-0.39, 0.29) is 12.4 Å². The summed E-state index contributed by atoms with van der Waals surface area (Å²) in [7, 11) is 3.00. The third-order valence-corrected chi connectivity index (χ3v) is 5.28. The quantitative estimate of drug-likeness (QED) is 0.168. The van der Waals surface area contributed by atoms with Gasteiger partial charge in [0.15, 0.2) is 0 Å². The van der Waals surface area contributed by atoms with Crippen molar-refractivity contribution in [3.63, 3.8) is 0 Å². The van der Waals surface area contributed by atoms with Gasteiger partial charge in [-0.3, -0.25) is 0 Å². The number of hydrogen-bond acceptors (Lipinski definition) is 0. The normalized spacial score (nSPS) is 11.0. The molecule has 141 valence electrons. The first-order chi connectivity index (χ1) is 10.8. The van der Waals surface area contributed by atoms with Crippen molar-refractivity contribution in [2.75, 3.05) is 0 Å². The molecule has 0 saturated carbocycles. The fourth-order valence-corrected chi connectivity index (χ4v) is 3.51. The summed E-state index contributed by atoms with van der Waals surface area (Å²) in [6.45, 7) is 4.59. The van der Waals surface area contributed by atoms with Crippen LogP contribution in [0.5, 0.6) is 0 Å². The standard InChI is InChI=1S/C21H44P.ClH/c1-3-5-7-9-10-11-12-13-14-15-16-18-20-21(22)19-17-8-6-4-2;/h3-20,22H2,1-2H3;1H. The van der Waals surface area contributed by atoms with Gasteiger partial charge in [-0.2, -0.15) is 0 Å². The average molecular weight is 364 g/mol. The molecule has 0 aromatic heterocycles. The Kier molecular flexibility index (Phi) is 25.6. The summed E-state index contributed by atoms with van der Waals surface area (Å²) >= 11 is 0. The second-order valence-corrected chi connectivity index (χ2v) is 7.92. The topological polar surface area (TPSA) is 0 Å². The first-order valence-corrected chi connectivity index (χ1v) is 11.0. The minimum Gasteiger partial charge on any atom is -0.147 e. The Bertz CT molecular complexity index is 196. The van der Waals surface area contributed by atoms with Crippen LogP contribution in [-0.2, 0) is 0 Å². The van der Waals surface area contributed by atoms with Gasteiger partial charge in [0, 0.05) is 0 Å². The van der Waals surface area contributed by atoms with Crippen LogP contribution in [0, 0.1) is 5.66 Å². The van der Waals surface area contributed by atoms with E-state index in [1.165, 1.54) is 116 Å². The van der Waals surface area contributed by atoms with E-state index in [1.807, 2.05) is 0 Å². The second kappa shape index (κ2) is 22.7. The van der Waals surface area contributed by atoms with Crippen LogP contribution < -0.4 is 0 Å². The Hall–Kier alpha value is 0.720. The largest absolute Gasteiger partial charge is 0.147 e. The number of unbranched alkanes of at least 4 members (excludes halogenated alkanes) is 14. The zero-order valence-electron chi connectivity index (χ0n) is 16.2. The summed E-state index contributed by atoms with van der Waals surface area (Å²) in [5, 5.41) is 0. The van der Waals surface area contributed by atoms with Gasteiger partial charge < -0.3 is 0 Å². The predicted molar refractivity (Wildman–Crippen MR) is 115 cm³/mol. The Labute approximate surface area is 157 Å². The Morgan fingerprint density at radius 2 is 0.739 bits per heavy atom. The van der Waals surface area contributed by atoms with Gasteiger partial charge in [0.2, 0.25) is 0 Å². The average Bonchev–Trinajstić information content (AvgIpc) is 2.52. The van der Waals surface area contributed by atoms with E-state index in [1.54, 1.807) is 5.66 Å². The van der Waals surface area contributed by atoms with Crippen molar-refractivity contribution in [2.24, 2.45) is 0 Å². The van der Waals surface area contributed by atoms with Gasteiger partial charge >= 0.3 is 0 Å². The summed E-state index contributed by atoms with van der Waals surface area (Å²) in [6.07, 6.45) is 25.7. The molecule has 0 rings (SSSR count). The molecule has 1 unspecified atom stereocenters. The van der Waals surface area contributed by atoms with Crippen molar-refractivity contribution in [3.05, 3.63) is 5.66 Å². The molecular formula is C21H45ClP. The van der Waals surface area contributed by atoms with Crippen molar-refractivity contribution < 1.29 is 0 Å². The Balaban J connectivity index is 0. The summed E-state index contributed by atoms with van der Waals surface area (Å²) in [5.74, 6) is 0. The summed E-state index contributed by atoms with van der Waals surface area (Å²) in [4.78, 5) is 0. The van der Waals surface area contributed by atoms with Crippen LogP contribution in [0.2, 0.25) is 0 Å². The van der Waals surface area contributed by atoms with Gasteiger partial charge in [-0.05, 0) is 18.5 Å². The maximum absolute atomic E-state index is 3.00. The zero-order valence-corrected chi connectivity index (χ0v) is 18.2. The van der Waals surface area contributed by atoms with Crippen LogP contribution >= 0.6 is 21.6 Å². The minimum atomic E-state index is 0. The van der Waals surface area contributed by atoms with Crippen LogP contribution in [0.3, 0.4) is 0 Å². The maximum atomic E-state index is 3.00. The smallest absolute Gasteiger partial charge is 0.00597 e. The monoisotopic (exact) mass is 363 g/mol. The molecule has 0 amide bonds. The van der Waals surface area contributed by atoms with Gasteiger partial charge in [-0.15, -0.1) is 21.6 Å². The minimum absolute atomic E-state index is 0. The SMILES string of the molecule is CCCCCCCCCCCCCC[C](P)CCCCCC.Cl. The second-order valence-electron chi connectivity index (χ2n) is 7.11. The molecule has 0 spiro atoms. The van der Waals surface area contributed by atoms with Gasteiger partial charge in [-0.1, -0.05) is 117 Å². The van der Waals surface area contributed by atoms with Crippen molar-refractivity contribution in [1.82, 2.24) is 0 Å². The van der Waals surface area contributed by atoms with Crippen LogP contribution in [0.25, 0.3) is 0 Å². The third-order valence-electron chi connectivity index (χ3n) is 4.70. The highest BCUT2D eigenvalue weighted by Gasteiger charge is 2.02. The highest BCUT2D eigenvalue weighted by molar-refractivity contribution is 7.20. The molecule has 0 aliphatic heterocycles. The molecule has 1 radical (unpaired) electrons. The lowest BCUT2D eigenvalue weighted by atomic mass is 10.0. The van der Waals surface area contributed by atoms with E-state index in [2.05, 4.69) is 23.1 Å². The van der Waals surface area contributed by atoms with E-state index in [9.17, 15) is 0 Å². The lowest BCUT2D eigenvalue weighted by molar-refractivity contribution is 0.540.